The van der Waals surface area contributed by atoms with Gasteiger partial charge in [0.2, 0.25) is 10.0 Å². The fourth-order valence-corrected chi connectivity index (χ4v) is 3.36. The molecule has 1 aromatic carbocycles. The molecule has 0 heterocycles. The summed E-state index contributed by atoms with van der Waals surface area (Å²) in [6, 6.07) is 4.02. The molecule has 0 atom stereocenters. The van der Waals surface area contributed by atoms with Crippen LogP contribution in [0.5, 0.6) is 5.75 Å². The van der Waals surface area contributed by atoms with Gasteiger partial charge in [0, 0.05) is 13.6 Å². The largest absolute Gasteiger partial charge is 0.496 e. The van der Waals surface area contributed by atoms with Crippen LogP contribution in [0.15, 0.2) is 23.1 Å². The molecule has 8 heteroatoms. The summed E-state index contributed by atoms with van der Waals surface area (Å²) in [7, 11) is -0.895. The maximum atomic E-state index is 12.6. The van der Waals surface area contributed by atoms with Crippen LogP contribution in [0.3, 0.4) is 0 Å². The SMILES string of the molecule is COc1ccc(S(=O)(=O)N(C)CC(C)(C)CN)cc1C(N)=O. The minimum Gasteiger partial charge on any atom is -0.496 e. The van der Waals surface area contributed by atoms with Gasteiger partial charge in [-0.15, -0.1) is 0 Å². The Bertz CT molecular complexity index is 656. The van der Waals surface area contributed by atoms with E-state index in [9.17, 15) is 13.2 Å². The summed E-state index contributed by atoms with van der Waals surface area (Å²) < 4.78 is 31.4. The van der Waals surface area contributed by atoms with Crippen molar-refractivity contribution in [3.8, 4) is 5.75 Å². The lowest BCUT2D eigenvalue weighted by Gasteiger charge is -2.28. The number of nitrogens with two attached hydrogens (primary N) is 2. The predicted octanol–water partition coefficient (Wildman–Crippen LogP) is 0.400. The van der Waals surface area contributed by atoms with Crippen molar-refractivity contribution in [2.45, 2.75) is 18.7 Å². The van der Waals surface area contributed by atoms with Crippen LogP contribution in [-0.2, 0) is 10.0 Å². The maximum Gasteiger partial charge on any atom is 0.252 e. The van der Waals surface area contributed by atoms with Crippen molar-refractivity contribution in [1.82, 2.24) is 4.31 Å². The zero-order valence-corrected chi connectivity index (χ0v) is 14.1. The molecule has 0 radical (unpaired) electrons. The number of hydrogen-bond donors (Lipinski definition) is 2. The Hall–Kier alpha value is -1.64. The quantitative estimate of drug-likeness (QED) is 0.751. The first-order chi connectivity index (χ1) is 10.0. The summed E-state index contributed by atoms with van der Waals surface area (Å²) >= 11 is 0. The molecule has 0 aliphatic rings. The average Bonchev–Trinajstić information content (AvgIpc) is 2.45. The summed E-state index contributed by atoms with van der Waals surface area (Å²) in [6.45, 7) is 4.36. The van der Waals surface area contributed by atoms with Crippen LogP contribution in [0.4, 0.5) is 0 Å². The Morgan fingerprint density at radius 3 is 2.41 bits per heavy atom. The van der Waals surface area contributed by atoms with Crippen molar-refractivity contribution >= 4 is 15.9 Å². The molecule has 0 aliphatic carbocycles. The highest BCUT2D eigenvalue weighted by Crippen LogP contribution is 2.25. The molecule has 0 bridgehead atoms. The van der Waals surface area contributed by atoms with Gasteiger partial charge in [-0.3, -0.25) is 4.79 Å². The average molecular weight is 329 g/mol. The van der Waals surface area contributed by atoms with Crippen LogP contribution in [0, 0.1) is 5.41 Å². The van der Waals surface area contributed by atoms with Crippen molar-refractivity contribution in [3.63, 3.8) is 0 Å². The van der Waals surface area contributed by atoms with E-state index in [-0.39, 0.29) is 28.2 Å². The lowest BCUT2D eigenvalue weighted by Crippen LogP contribution is -2.39. The Labute approximate surface area is 131 Å². The summed E-state index contributed by atoms with van der Waals surface area (Å²) in [5.41, 5.74) is 10.6. The number of ether oxygens (including phenoxy) is 1. The van der Waals surface area contributed by atoms with E-state index in [1.165, 1.54) is 36.7 Å². The monoisotopic (exact) mass is 329 g/mol. The molecular weight excluding hydrogens is 306 g/mol. The standard InChI is InChI=1S/C14H23N3O4S/c1-14(2,8-15)9-17(3)22(19,20)10-5-6-12(21-4)11(7-10)13(16)18/h5-7H,8-9,15H2,1-4H3,(H2,16,18). The lowest BCUT2D eigenvalue weighted by atomic mass is 9.94. The first kappa shape index (κ1) is 18.4. The number of methoxy groups -OCH3 is 1. The molecule has 7 nitrogen and oxygen atoms in total. The minimum absolute atomic E-state index is 0.0163. The van der Waals surface area contributed by atoms with E-state index in [1.807, 2.05) is 13.8 Å². The van der Waals surface area contributed by atoms with Crippen molar-refractivity contribution in [1.29, 1.82) is 0 Å². The van der Waals surface area contributed by atoms with E-state index in [4.69, 9.17) is 16.2 Å². The fourth-order valence-electron chi connectivity index (χ4n) is 1.97. The third-order valence-corrected chi connectivity index (χ3v) is 5.15. The number of sulfonamides is 1. The van der Waals surface area contributed by atoms with Crippen molar-refractivity contribution < 1.29 is 17.9 Å². The molecule has 1 amide bonds. The number of primary amides is 1. The number of benzene rings is 1. The number of rotatable bonds is 7. The summed E-state index contributed by atoms with van der Waals surface area (Å²) in [6.07, 6.45) is 0. The summed E-state index contributed by atoms with van der Waals surface area (Å²) in [5.74, 6) is -0.518. The third kappa shape index (κ3) is 3.96. The molecule has 0 spiro atoms. The molecule has 4 N–H and O–H groups in total. The highest BCUT2D eigenvalue weighted by atomic mass is 32.2. The van der Waals surface area contributed by atoms with E-state index >= 15 is 0 Å². The van der Waals surface area contributed by atoms with Crippen LogP contribution in [0.1, 0.15) is 24.2 Å². The van der Waals surface area contributed by atoms with Crippen LogP contribution in [-0.4, -0.2) is 45.9 Å². The highest BCUT2D eigenvalue weighted by molar-refractivity contribution is 7.89. The Balaban J connectivity index is 3.23. The van der Waals surface area contributed by atoms with Crippen LogP contribution in [0.25, 0.3) is 0 Å². The zero-order chi connectivity index (χ0) is 17.1. The molecular formula is C14H23N3O4S. The van der Waals surface area contributed by atoms with Crippen LogP contribution < -0.4 is 16.2 Å². The minimum atomic E-state index is -3.75. The molecule has 0 saturated heterocycles. The van der Waals surface area contributed by atoms with E-state index < -0.39 is 15.9 Å². The number of amides is 1. The molecule has 0 saturated carbocycles. The van der Waals surface area contributed by atoms with Gasteiger partial charge in [-0.1, -0.05) is 13.8 Å². The normalized spacial score (nSPS) is 12.5. The van der Waals surface area contributed by atoms with Gasteiger partial charge in [-0.2, -0.15) is 0 Å². The van der Waals surface area contributed by atoms with E-state index in [0.29, 0.717) is 6.54 Å². The van der Waals surface area contributed by atoms with Crippen molar-refractivity contribution in [3.05, 3.63) is 23.8 Å². The molecule has 0 unspecified atom stereocenters. The van der Waals surface area contributed by atoms with Crippen LogP contribution in [0.2, 0.25) is 0 Å². The second-order valence-corrected chi connectivity index (χ2v) is 7.90. The Morgan fingerprint density at radius 1 is 1.36 bits per heavy atom. The molecule has 0 aliphatic heterocycles. The zero-order valence-electron chi connectivity index (χ0n) is 13.3. The Morgan fingerprint density at radius 2 is 1.95 bits per heavy atom. The number of carbonyl (C=O) groups excluding carboxylic acids is 1. The molecule has 0 fully saturated rings. The Kier molecular flexibility index (Phi) is 5.55. The predicted molar refractivity (Wildman–Crippen MR) is 84.2 cm³/mol. The van der Waals surface area contributed by atoms with Gasteiger partial charge < -0.3 is 16.2 Å². The molecule has 22 heavy (non-hydrogen) atoms. The number of carbonyl (C=O) groups is 1. The van der Waals surface area contributed by atoms with Crippen molar-refractivity contribution in [2.24, 2.45) is 16.9 Å². The van der Waals surface area contributed by atoms with Gasteiger partial charge in [0.25, 0.3) is 5.91 Å². The van der Waals surface area contributed by atoms with Gasteiger partial charge in [-0.25, -0.2) is 12.7 Å². The van der Waals surface area contributed by atoms with E-state index in [1.54, 1.807) is 0 Å². The van der Waals surface area contributed by atoms with Gasteiger partial charge in [0.05, 0.1) is 17.6 Å². The van der Waals surface area contributed by atoms with Gasteiger partial charge in [0.1, 0.15) is 5.75 Å². The number of nitrogens with zero attached hydrogens (tertiary/aromatic N) is 1. The highest BCUT2D eigenvalue weighted by Gasteiger charge is 2.28. The van der Waals surface area contributed by atoms with Crippen molar-refractivity contribution in [2.75, 3.05) is 27.2 Å². The summed E-state index contributed by atoms with van der Waals surface area (Å²) in [5, 5.41) is 0. The van der Waals surface area contributed by atoms with Gasteiger partial charge >= 0.3 is 0 Å². The second kappa shape index (κ2) is 6.64. The molecule has 124 valence electrons. The fraction of sp³-hybridized carbons (Fsp3) is 0.500. The second-order valence-electron chi connectivity index (χ2n) is 5.86. The third-order valence-electron chi connectivity index (χ3n) is 3.35. The first-order valence-corrected chi connectivity index (χ1v) is 8.13. The maximum absolute atomic E-state index is 12.6. The molecule has 0 aromatic heterocycles. The topological polar surface area (TPSA) is 116 Å². The molecule has 1 aromatic rings. The van der Waals surface area contributed by atoms with Crippen LogP contribution >= 0.6 is 0 Å². The lowest BCUT2D eigenvalue weighted by molar-refractivity contribution is 0.0997. The van der Waals surface area contributed by atoms with Gasteiger partial charge in [-0.05, 0) is 30.2 Å². The summed E-state index contributed by atoms with van der Waals surface area (Å²) in [4.78, 5) is 11.4. The smallest absolute Gasteiger partial charge is 0.252 e. The number of hydrogen-bond acceptors (Lipinski definition) is 5. The van der Waals surface area contributed by atoms with E-state index in [0.717, 1.165) is 0 Å². The first-order valence-electron chi connectivity index (χ1n) is 6.69. The van der Waals surface area contributed by atoms with Gasteiger partial charge in [0.15, 0.2) is 0 Å². The molecule has 1 rings (SSSR count). The van der Waals surface area contributed by atoms with E-state index in [2.05, 4.69) is 0 Å².